The van der Waals surface area contributed by atoms with Crippen LogP contribution in [0.4, 0.5) is 10.5 Å². The third-order valence-corrected chi connectivity index (χ3v) is 5.31. The second-order valence-corrected chi connectivity index (χ2v) is 7.60. The number of benzene rings is 2. The number of urea groups is 1. The first-order valence-corrected chi connectivity index (χ1v) is 10.2. The Hall–Kier alpha value is -3.06. The molecule has 4 amide bonds. The molecule has 1 fully saturated rings. The number of amides is 4. The maximum Gasteiger partial charge on any atom is 0.319 e. The molecule has 1 atom stereocenters. The van der Waals surface area contributed by atoms with Gasteiger partial charge in [-0.2, -0.15) is 0 Å². The van der Waals surface area contributed by atoms with Crippen LogP contribution in [-0.4, -0.2) is 42.4 Å². The van der Waals surface area contributed by atoms with Gasteiger partial charge in [0.05, 0.1) is 6.42 Å². The lowest BCUT2D eigenvalue weighted by atomic mass is 10.1. The summed E-state index contributed by atoms with van der Waals surface area (Å²) in [4.78, 5) is 38.3. The van der Waals surface area contributed by atoms with Crippen molar-refractivity contribution in [1.82, 2.24) is 15.5 Å². The molecule has 0 unspecified atom stereocenters. The molecule has 158 valence electrons. The smallest absolute Gasteiger partial charge is 0.319 e. The summed E-state index contributed by atoms with van der Waals surface area (Å²) < 4.78 is 0. The van der Waals surface area contributed by atoms with Crippen molar-refractivity contribution in [2.24, 2.45) is 0 Å². The molecule has 2 aromatic rings. The summed E-state index contributed by atoms with van der Waals surface area (Å²) in [5.41, 5.74) is 2.40. The van der Waals surface area contributed by atoms with Crippen LogP contribution in [0.3, 0.4) is 0 Å². The van der Waals surface area contributed by atoms with Gasteiger partial charge in [0.15, 0.2) is 0 Å². The Labute approximate surface area is 180 Å². The fourth-order valence-electron chi connectivity index (χ4n) is 3.45. The van der Waals surface area contributed by atoms with E-state index in [4.69, 9.17) is 11.6 Å². The van der Waals surface area contributed by atoms with Gasteiger partial charge in [-0.25, -0.2) is 4.79 Å². The van der Waals surface area contributed by atoms with Crippen molar-refractivity contribution in [2.45, 2.75) is 31.8 Å². The Morgan fingerprint density at radius 2 is 1.70 bits per heavy atom. The molecule has 0 saturated carbocycles. The Balaban J connectivity index is 1.49. The van der Waals surface area contributed by atoms with Crippen LogP contribution in [0.1, 0.15) is 24.0 Å². The lowest BCUT2D eigenvalue weighted by Gasteiger charge is -2.23. The Kier molecular flexibility index (Phi) is 7.30. The first-order valence-electron chi connectivity index (χ1n) is 9.85. The number of carbonyl (C=O) groups excluding carboxylic acids is 3. The average Bonchev–Trinajstić information content (AvgIpc) is 3.24. The topological polar surface area (TPSA) is 90.5 Å². The monoisotopic (exact) mass is 428 g/mol. The van der Waals surface area contributed by atoms with Crippen LogP contribution < -0.4 is 16.0 Å². The minimum Gasteiger partial charge on any atom is -0.357 e. The van der Waals surface area contributed by atoms with E-state index in [2.05, 4.69) is 16.0 Å². The van der Waals surface area contributed by atoms with Gasteiger partial charge < -0.3 is 20.9 Å². The number of hydrogen-bond acceptors (Lipinski definition) is 3. The zero-order valence-corrected chi connectivity index (χ0v) is 17.5. The van der Waals surface area contributed by atoms with Crippen molar-refractivity contribution in [3.8, 4) is 0 Å². The minimum absolute atomic E-state index is 0.0671. The van der Waals surface area contributed by atoms with Gasteiger partial charge in [-0.05, 0) is 48.2 Å². The van der Waals surface area contributed by atoms with E-state index in [9.17, 15) is 14.4 Å². The molecule has 1 saturated heterocycles. The highest BCUT2D eigenvalue weighted by Crippen LogP contribution is 2.19. The summed E-state index contributed by atoms with van der Waals surface area (Å²) >= 11 is 5.85. The number of hydrogen-bond donors (Lipinski definition) is 3. The predicted octanol–water partition coefficient (Wildman–Crippen LogP) is 2.94. The number of likely N-dealkylation sites (tertiary alicyclic amines) is 1. The summed E-state index contributed by atoms with van der Waals surface area (Å²) in [5, 5.41) is 8.81. The Morgan fingerprint density at radius 3 is 2.37 bits per heavy atom. The number of halogens is 1. The second-order valence-electron chi connectivity index (χ2n) is 7.17. The van der Waals surface area contributed by atoms with Gasteiger partial charge in [-0.3, -0.25) is 9.59 Å². The van der Waals surface area contributed by atoms with Gasteiger partial charge in [-0.1, -0.05) is 35.9 Å². The van der Waals surface area contributed by atoms with Crippen LogP contribution in [-0.2, 0) is 22.6 Å². The van der Waals surface area contributed by atoms with Crippen LogP contribution in [0.5, 0.6) is 0 Å². The maximum atomic E-state index is 12.6. The fraction of sp³-hybridized carbons (Fsp3) is 0.318. The van der Waals surface area contributed by atoms with E-state index in [-0.39, 0.29) is 30.3 Å². The molecule has 30 heavy (non-hydrogen) atoms. The molecule has 0 radical (unpaired) electrons. The largest absolute Gasteiger partial charge is 0.357 e. The van der Waals surface area contributed by atoms with Crippen LogP contribution in [0.25, 0.3) is 0 Å². The van der Waals surface area contributed by atoms with E-state index in [1.807, 2.05) is 12.1 Å². The van der Waals surface area contributed by atoms with Crippen molar-refractivity contribution < 1.29 is 14.4 Å². The standard InChI is InChI=1S/C22H25ClN4O3/c1-24-21(29)19-3-2-12-27(19)20(28)13-15-6-10-18(11-7-15)26-22(30)25-14-16-4-8-17(23)9-5-16/h4-11,19H,2-3,12-14H2,1H3,(H,24,29)(H2,25,26,30)/t19-/m0/s1. The van der Waals surface area contributed by atoms with Crippen molar-refractivity contribution in [3.05, 3.63) is 64.7 Å². The van der Waals surface area contributed by atoms with Crippen molar-refractivity contribution in [3.63, 3.8) is 0 Å². The van der Waals surface area contributed by atoms with Crippen molar-refractivity contribution in [1.29, 1.82) is 0 Å². The Morgan fingerprint density at radius 1 is 1.03 bits per heavy atom. The van der Waals surface area contributed by atoms with Crippen molar-refractivity contribution in [2.75, 3.05) is 18.9 Å². The highest BCUT2D eigenvalue weighted by Gasteiger charge is 2.33. The number of anilines is 1. The molecule has 1 aliphatic heterocycles. The number of carbonyl (C=O) groups is 3. The zero-order valence-electron chi connectivity index (χ0n) is 16.8. The van der Waals surface area contributed by atoms with E-state index in [0.717, 1.165) is 17.5 Å². The first kappa shape index (κ1) is 21.6. The van der Waals surface area contributed by atoms with E-state index >= 15 is 0 Å². The van der Waals surface area contributed by atoms with Gasteiger partial charge >= 0.3 is 6.03 Å². The van der Waals surface area contributed by atoms with E-state index in [0.29, 0.717) is 30.2 Å². The van der Waals surface area contributed by atoms with Crippen molar-refractivity contribution >= 4 is 35.1 Å². The lowest BCUT2D eigenvalue weighted by molar-refractivity contribution is -0.137. The van der Waals surface area contributed by atoms with Gasteiger partial charge in [-0.15, -0.1) is 0 Å². The molecule has 3 N–H and O–H groups in total. The molecule has 1 heterocycles. The molecule has 0 aromatic heterocycles. The van der Waals surface area contributed by atoms with Gasteiger partial charge in [0.2, 0.25) is 11.8 Å². The molecule has 0 spiro atoms. The summed E-state index contributed by atoms with van der Waals surface area (Å²) in [6.07, 6.45) is 1.74. The lowest BCUT2D eigenvalue weighted by Crippen LogP contribution is -2.45. The van der Waals surface area contributed by atoms with E-state index < -0.39 is 0 Å². The first-order chi connectivity index (χ1) is 14.5. The van der Waals surface area contributed by atoms with Crippen LogP contribution in [0.15, 0.2) is 48.5 Å². The third-order valence-electron chi connectivity index (χ3n) is 5.06. The summed E-state index contributed by atoms with van der Waals surface area (Å²) in [5.74, 6) is -0.187. The quantitative estimate of drug-likeness (QED) is 0.660. The SMILES string of the molecule is CNC(=O)[C@@H]1CCCN1C(=O)Cc1ccc(NC(=O)NCc2ccc(Cl)cc2)cc1. The number of nitrogens with one attached hydrogen (secondary N) is 3. The van der Waals surface area contributed by atoms with Gasteiger partial charge in [0.1, 0.15) is 6.04 Å². The van der Waals surface area contributed by atoms with Crippen LogP contribution in [0, 0.1) is 0 Å². The zero-order chi connectivity index (χ0) is 21.5. The molecule has 7 nitrogen and oxygen atoms in total. The molecule has 3 rings (SSSR count). The molecule has 8 heteroatoms. The number of nitrogens with zero attached hydrogens (tertiary/aromatic N) is 1. The highest BCUT2D eigenvalue weighted by atomic mass is 35.5. The second kappa shape index (κ2) is 10.1. The molecular weight excluding hydrogens is 404 g/mol. The summed E-state index contributed by atoms with van der Waals surface area (Å²) in [6.45, 7) is 0.988. The van der Waals surface area contributed by atoms with Crippen LogP contribution in [0.2, 0.25) is 5.02 Å². The summed E-state index contributed by atoms with van der Waals surface area (Å²) in [6, 6.07) is 13.7. The van der Waals surface area contributed by atoms with Gasteiger partial charge in [0.25, 0.3) is 0 Å². The van der Waals surface area contributed by atoms with E-state index in [1.54, 1.807) is 48.3 Å². The Bertz CT molecular complexity index is 900. The predicted molar refractivity (Wildman–Crippen MR) is 116 cm³/mol. The number of likely N-dealkylation sites (N-methyl/N-ethyl adjacent to an activating group) is 1. The van der Waals surface area contributed by atoms with Crippen LogP contribution >= 0.6 is 11.6 Å². The average molecular weight is 429 g/mol. The van der Waals surface area contributed by atoms with E-state index in [1.165, 1.54) is 0 Å². The minimum atomic E-state index is -0.382. The molecule has 0 bridgehead atoms. The molecule has 0 aliphatic carbocycles. The fourth-order valence-corrected chi connectivity index (χ4v) is 3.57. The van der Waals surface area contributed by atoms with Gasteiger partial charge in [0, 0.05) is 30.8 Å². The maximum absolute atomic E-state index is 12.6. The molecular formula is C22H25ClN4O3. The summed E-state index contributed by atoms with van der Waals surface area (Å²) in [7, 11) is 1.58. The third kappa shape index (κ3) is 5.73. The number of rotatable bonds is 6. The normalized spacial score (nSPS) is 15.5. The molecule has 2 aromatic carbocycles. The molecule has 1 aliphatic rings. The highest BCUT2D eigenvalue weighted by molar-refractivity contribution is 6.30.